The molecule has 1 atom stereocenters. The van der Waals surface area contributed by atoms with E-state index in [1.54, 1.807) is 12.1 Å². The minimum atomic E-state index is -0.369. The summed E-state index contributed by atoms with van der Waals surface area (Å²) in [6.45, 7) is 2.01. The SMILES string of the molecule is CC(CO)SCCC(=O)Nc1cccc(F)c1. The molecule has 1 aromatic carbocycles. The molecule has 0 aliphatic rings. The van der Waals surface area contributed by atoms with Gasteiger partial charge in [0.25, 0.3) is 0 Å². The van der Waals surface area contributed by atoms with Crippen LogP contribution in [-0.2, 0) is 4.79 Å². The van der Waals surface area contributed by atoms with Gasteiger partial charge in [-0.25, -0.2) is 4.39 Å². The van der Waals surface area contributed by atoms with Gasteiger partial charge in [-0.3, -0.25) is 4.79 Å². The average molecular weight is 257 g/mol. The summed E-state index contributed by atoms with van der Waals surface area (Å²) >= 11 is 1.53. The molecule has 0 bridgehead atoms. The molecule has 0 aromatic heterocycles. The molecule has 0 radical (unpaired) electrons. The minimum absolute atomic E-state index is 0.107. The Kier molecular flexibility index (Phi) is 6.00. The maximum absolute atomic E-state index is 12.8. The summed E-state index contributed by atoms with van der Waals surface area (Å²) in [6.07, 6.45) is 0.353. The van der Waals surface area contributed by atoms with Crippen LogP contribution < -0.4 is 5.32 Å². The van der Waals surface area contributed by atoms with Crippen LogP contribution in [0.1, 0.15) is 13.3 Å². The molecule has 0 heterocycles. The lowest BCUT2D eigenvalue weighted by molar-refractivity contribution is -0.115. The van der Waals surface area contributed by atoms with Crippen molar-refractivity contribution in [3.8, 4) is 0 Å². The summed E-state index contributed by atoms with van der Waals surface area (Å²) in [5.74, 6) is 0.127. The number of aliphatic hydroxyl groups excluding tert-OH is 1. The third kappa shape index (κ3) is 5.70. The Morgan fingerprint density at radius 2 is 2.35 bits per heavy atom. The van der Waals surface area contributed by atoms with Crippen LogP contribution in [0.2, 0.25) is 0 Å². The summed E-state index contributed by atoms with van der Waals surface area (Å²) in [6, 6.07) is 5.80. The fourth-order valence-corrected chi connectivity index (χ4v) is 2.01. The van der Waals surface area contributed by atoms with Gasteiger partial charge in [-0.2, -0.15) is 11.8 Å². The van der Waals surface area contributed by atoms with Gasteiger partial charge in [0.15, 0.2) is 0 Å². The molecule has 0 spiro atoms. The molecule has 94 valence electrons. The van der Waals surface area contributed by atoms with Crippen LogP contribution in [0.3, 0.4) is 0 Å². The molecule has 0 aliphatic heterocycles. The first-order valence-electron chi connectivity index (χ1n) is 5.39. The number of halogens is 1. The number of rotatable bonds is 6. The number of hydrogen-bond acceptors (Lipinski definition) is 3. The van der Waals surface area contributed by atoms with E-state index in [1.165, 1.54) is 23.9 Å². The lowest BCUT2D eigenvalue weighted by atomic mass is 10.3. The summed E-state index contributed by atoms with van der Waals surface area (Å²) < 4.78 is 12.8. The number of nitrogens with one attached hydrogen (secondary N) is 1. The first kappa shape index (κ1) is 14.0. The van der Waals surface area contributed by atoms with Crippen molar-refractivity contribution >= 4 is 23.4 Å². The van der Waals surface area contributed by atoms with Crippen molar-refractivity contribution < 1.29 is 14.3 Å². The van der Waals surface area contributed by atoms with Gasteiger partial charge < -0.3 is 10.4 Å². The fourth-order valence-electron chi connectivity index (χ4n) is 1.20. The Hall–Kier alpha value is -1.07. The molecule has 2 N–H and O–H groups in total. The predicted octanol–water partition coefficient (Wildman–Crippen LogP) is 2.27. The average Bonchev–Trinajstić information content (AvgIpc) is 2.28. The summed E-state index contributed by atoms with van der Waals surface area (Å²) in [7, 11) is 0. The van der Waals surface area contributed by atoms with Gasteiger partial charge in [0.2, 0.25) is 5.91 Å². The number of amides is 1. The van der Waals surface area contributed by atoms with E-state index < -0.39 is 0 Å². The lowest BCUT2D eigenvalue weighted by Crippen LogP contribution is -2.13. The van der Waals surface area contributed by atoms with Gasteiger partial charge in [0.1, 0.15) is 5.82 Å². The summed E-state index contributed by atoms with van der Waals surface area (Å²) in [4.78, 5) is 11.5. The van der Waals surface area contributed by atoms with Crippen LogP contribution in [0.5, 0.6) is 0 Å². The second-order valence-corrected chi connectivity index (χ2v) is 5.22. The highest BCUT2D eigenvalue weighted by Crippen LogP contribution is 2.13. The van der Waals surface area contributed by atoms with Crippen LogP contribution in [0.4, 0.5) is 10.1 Å². The molecule has 0 fully saturated rings. The molecular formula is C12H16FNO2S. The first-order chi connectivity index (χ1) is 8.11. The molecule has 0 saturated heterocycles. The summed E-state index contributed by atoms with van der Waals surface area (Å²) in [5, 5.41) is 11.6. The number of aliphatic hydroxyl groups is 1. The highest BCUT2D eigenvalue weighted by Gasteiger charge is 2.05. The van der Waals surface area contributed by atoms with Gasteiger partial charge >= 0.3 is 0 Å². The van der Waals surface area contributed by atoms with Crippen molar-refractivity contribution in [2.45, 2.75) is 18.6 Å². The van der Waals surface area contributed by atoms with Crippen LogP contribution in [-0.4, -0.2) is 28.6 Å². The Morgan fingerprint density at radius 1 is 1.59 bits per heavy atom. The van der Waals surface area contributed by atoms with Crippen molar-refractivity contribution in [2.24, 2.45) is 0 Å². The Balaban J connectivity index is 2.30. The van der Waals surface area contributed by atoms with Crippen LogP contribution in [0.15, 0.2) is 24.3 Å². The number of anilines is 1. The second kappa shape index (κ2) is 7.29. The topological polar surface area (TPSA) is 49.3 Å². The summed E-state index contributed by atoms with van der Waals surface area (Å²) in [5.41, 5.74) is 0.468. The van der Waals surface area contributed by atoms with Crippen molar-refractivity contribution in [1.82, 2.24) is 0 Å². The second-order valence-electron chi connectivity index (χ2n) is 3.67. The van der Waals surface area contributed by atoms with E-state index in [9.17, 15) is 9.18 Å². The van der Waals surface area contributed by atoms with Gasteiger partial charge in [0, 0.05) is 23.1 Å². The molecule has 1 amide bonds. The molecule has 17 heavy (non-hydrogen) atoms. The van der Waals surface area contributed by atoms with Crippen molar-refractivity contribution in [3.05, 3.63) is 30.1 Å². The van der Waals surface area contributed by atoms with Gasteiger partial charge in [-0.1, -0.05) is 13.0 Å². The van der Waals surface area contributed by atoms with Crippen molar-refractivity contribution in [2.75, 3.05) is 17.7 Å². The zero-order valence-electron chi connectivity index (χ0n) is 9.65. The number of thioether (sulfide) groups is 1. The van der Waals surface area contributed by atoms with Crippen LogP contribution in [0, 0.1) is 5.82 Å². The van der Waals surface area contributed by atoms with E-state index in [2.05, 4.69) is 5.32 Å². The Morgan fingerprint density at radius 3 is 3.00 bits per heavy atom. The van der Waals surface area contributed by atoms with E-state index in [0.29, 0.717) is 17.9 Å². The van der Waals surface area contributed by atoms with Gasteiger partial charge in [0.05, 0.1) is 6.61 Å². The molecule has 3 nitrogen and oxygen atoms in total. The number of carbonyl (C=O) groups excluding carboxylic acids is 1. The largest absolute Gasteiger partial charge is 0.395 e. The lowest BCUT2D eigenvalue weighted by Gasteiger charge is -2.08. The number of benzene rings is 1. The maximum atomic E-state index is 12.8. The molecule has 1 rings (SSSR count). The van der Waals surface area contributed by atoms with Gasteiger partial charge in [-0.05, 0) is 18.2 Å². The quantitative estimate of drug-likeness (QED) is 0.822. The third-order valence-corrected chi connectivity index (χ3v) is 3.25. The fraction of sp³-hybridized carbons (Fsp3) is 0.417. The standard InChI is InChI=1S/C12H16FNO2S/c1-9(8-15)17-6-5-12(16)14-11-4-2-3-10(13)7-11/h2-4,7,9,15H,5-6,8H2,1H3,(H,14,16). The van der Waals surface area contributed by atoms with E-state index in [-0.39, 0.29) is 23.6 Å². The van der Waals surface area contributed by atoms with Crippen LogP contribution >= 0.6 is 11.8 Å². The predicted molar refractivity (Wildman–Crippen MR) is 68.7 cm³/mol. The first-order valence-corrected chi connectivity index (χ1v) is 6.44. The molecule has 0 aliphatic carbocycles. The van der Waals surface area contributed by atoms with E-state index in [4.69, 9.17) is 5.11 Å². The van der Waals surface area contributed by atoms with E-state index in [0.717, 1.165) is 0 Å². The normalized spacial score (nSPS) is 12.2. The smallest absolute Gasteiger partial charge is 0.225 e. The Labute approximate surface area is 104 Å². The van der Waals surface area contributed by atoms with Crippen LogP contribution in [0.25, 0.3) is 0 Å². The molecule has 1 aromatic rings. The van der Waals surface area contributed by atoms with Crippen molar-refractivity contribution in [3.63, 3.8) is 0 Å². The minimum Gasteiger partial charge on any atom is -0.395 e. The number of hydrogen-bond donors (Lipinski definition) is 2. The zero-order chi connectivity index (χ0) is 12.7. The maximum Gasteiger partial charge on any atom is 0.225 e. The van der Waals surface area contributed by atoms with Gasteiger partial charge in [-0.15, -0.1) is 0 Å². The third-order valence-electron chi connectivity index (χ3n) is 2.10. The Bertz CT molecular complexity index is 373. The number of carbonyl (C=O) groups is 1. The zero-order valence-corrected chi connectivity index (χ0v) is 10.5. The van der Waals surface area contributed by atoms with E-state index >= 15 is 0 Å². The molecule has 1 unspecified atom stereocenters. The highest BCUT2D eigenvalue weighted by atomic mass is 32.2. The highest BCUT2D eigenvalue weighted by molar-refractivity contribution is 7.99. The molecular weight excluding hydrogens is 241 g/mol. The molecule has 0 saturated carbocycles. The molecule has 5 heteroatoms. The van der Waals surface area contributed by atoms with Crippen molar-refractivity contribution in [1.29, 1.82) is 0 Å². The monoisotopic (exact) mass is 257 g/mol. The van der Waals surface area contributed by atoms with E-state index in [1.807, 2.05) is 6.92 Å².